The summed E-state index contributed by atoms with van der Waals surface area (Å²) in [7, 11) is 0. The molecule has 27 heavy (non-hydrogen) atoms. The topological polar surface area (TPSA) is 41.6 Å². The zero-order chi connectivity index (χ0) is 18.6. The first kappa shape index (κ1) is 18.1. The van der Waals surface area contributed by atoms with Crippen LogP contribution in [0.15, 0.2) is 48.5 Å². The molecule has 2 aliphatic heterocycles. The van der Waals surface area contributed by atoms with Crippen LogP contribution in [-0.4, -0.2) is 43.7 Å². The second-order valence-electron chi connectivity index (χ2n) is 7.34. The number of hydrogen-bond acceptors (Lipinski definition) is 3. The Morgan fingerprint density at radius 2 is 2.00 bits per heavy atom. The van der Waals surface area contributed by atoms with Crippen molar-refractivity contribution in [1.29, 1.82) is 0 Å². The maximum absolute atomic E-state index is 13.5. The highest BCUT2D eigenvalue weighted by molar-refractivity contribution is 5.78. The first-order valence-corrected chi connectivity index (χ1v) is 9.63. The molecule has 0 spiro atoms. The molecule has 2 atom stereocenters. The highest BCUT2D eigenvalue weighted by Gasteiger charge is 2.32. The van der Waals surface area contributed by atoms with Crippen LogP contribution in [0, 0.1) is 11.7 Å². The van der Waals surface area contributed by atoms with Gasteiger partial charge in [-0.15, -0.1) is 0 Å². The van der Waals surface area contributed by atoms with E-state index >= 15 is 0 Å². The summed E-state index contributed by atoms with van der Waals surface area (Å²) in [6.07, 6.45) is 1.31. The Labute approximate surface area is 159 Å². The van der Waals surface area contributed by atoms with Crippen molar-refractivity contribution in [3.63, 3.8) is 0 Å². The fraction of sp³-hybridized carbons (Fsp3) is 0.409. The van der Waals surface area contributed by atoms with Crippen molar-refractivity contribution >= 4 is 5.91 Å². The molecule has 4 nitrogen and oxygen atoms in total. The number of hydrogen-bond donors (Lipinski definition) is 1. The lowest BCUT2D eigenvalue weighted by atomic mass is 9.87. The van der Waals surface area contributed by atoms with Crippen LogP contribution in [0.3, 0.4) is 0 Å². The monoisotopic (exact) mass is 368 g/mol. The molecule has 4 rings (SSSR count). The Balaban J connectivity index is 1.62. The van der Waals surface area contributed by atoms with E-state index in [4.69, 9.17) is 4.74 Å². The Kier molecular flexibility index (Phi) is 5.50. The number of ether oxygens (including phenoxy) is 1. The van der Waals surface area contributed by atoms with Crippen LogP contribution in [0.25, 0.3) is 0 Å². The maximum atomic E-state index is 13.5. The van der Waals surface area contributed by atoms with Gasteiger partial charge in [0, 0.05) is 32.0 Å². The largest absolute Gasteiger partial charge is 0.380 e. The molecule has 2 aromatic carbocycles. The van der Waals surface area contributed by atoms with Gasteiger partial charge in [0.25, 0.3) is 0 Å². The Morgan fingerprint density at radius 1 is 1.19 bits per heavy atom. The van der Waals surface area contributed by atoms with Gasteiger partial charge in [-0.1, -0.05) is 36.4 Å². The smallest absolute Gasteiger partial charge is 0.223 e. The van der Waals surface area contributed by atoms with Gasteiger partial charge in [-0.3, -0.25) is 4.79 Å². The van der Waals surface area contributed by atoms with E-state index in [9.17, 15) is 9.18 Å². The van der Waals surface area contributed by atoms with Gasteiger partial charge < -0.3 is 15.0 Å². The first-order valence-electron chi connectivity index (χ1n) is 9.63. The molecule has 2 aromatic rings. The molecule has 1 N–H and O–H groups in total. The summed E-state index contributed by atoms with van der Waals surface area (Å²) in [6, 6.07) is 14.6. The van der Waals surface area contributed by atoms with Crippen LogP contribution in [0.1, 0.15) is 29.2 Å². The molecule has 1 fully saturated rings. The van der Waals surface area contributed by atoms with Crippen LogP contribution in [0.4, 0.5) is 4.39 Å². The van der Waals surface area contributed by atoms with Crippen molar-refractivity contribution in [3.8, 4) is 0 Å². The molecular weight excluding hydrogens is 343 g/mol. The van der Waals surface area contributed by atoms with Crippen LogP contribution in [0.2, 0.25) is 0 Å². The number of nitrogens with one attached hydrogen (secondary N) is 1. The van der Waals surface area contributed by atoms with Gasteiger partial charge in [-0.25, -0.2) is 4.39 Å². The maximum Gasteiger partial charge on any atom is 0.223 e. The Morgan fingerprint density at radius 3 is 2.85 bits per heavy atom. The summed E-state index contributed by atoms with van der Waals surface area (Å²) in [5, 5.41) is 3.33. The number of carbonyl (C=O) groups excluding carboxylic acids is 1. The molecule has 142 valence electrons. The molecule has 0 radical (unpaired) electrons. The molecule has 0 saturated carbocycles. The zero-order valence-corrected chi connectivity index (χ0v) is 15.4. The quantitative estimate of drug-likeness (QED) is 0.906. The van der Waals surface area contributed by atoms with Crippen molar-refractivity contribution < 1.29 is 13.9 Å². The molecule has 2 heterocycles. The van der Waals surface area contributed by atoms with Gasteiger partial charge in [0.1, 0.15) is 5.82 Å². The normalized spacial score (nSPS) is 22.8. The van der Waals surface area contributed by atoms with E-state index in [0.29, 0.717) is 26.2 Å². The standard InChI is InChI=1S/C22H25FN2O2/c23-19-7-5-18(6-8-19)22-20-4-2-1-3-17(20)9-11-25(22)21(26)13-16-14-24-10-12-27-15-16/h1-8,16,22,24H,9-15H2/t16-,22+/m1/s1. The van der Waals surface area contributed by atoms with E-state index < -0.39 is 0 Å². The summed E-state index contributed by atoms with van der Waals surface area (Å²) < 4.78 is 19.1. The lowest BCUT2D eigenvalue weighted by molar-refractivity contribution is -0.134. The van der Waals surface area contributed by atoms with Gasteiger partial charge in [0.15, 0.2) is 0 Å². The Bertz CT molecular complexity index is 785. The summed E-state index contributed by atoms with van der Waals surface area (Å²) in [5.41, 5.74) is 3.35. The summed E-state index contributed by atoms with van der Waals surface area (Å²) in [5.74, 6) is 0.0598. The van der Waals surface area contributed by atoms with Crippen LogP contribution in [0.5, 0.6) is 0 Å². The van der Waals surface area contributed by atoms with E-state index in [1.165, 1.54) is 17.7 Å². The second kappa shape index (κ2) is 8.19. The number of amides is 1. The van der Waals surface area contributed by atoms with Crippen molar-refractivity contribution in [1.82, 2.24) is 10.2 Å². The lowest BCUT2D eigenvalue weighted by Gasteiger charge is -2.38. The predicted octanol–water partition coefficient (Wildman–Crippen LogP) is 2.93. The number of benzene rings is 2. The third-order valence-corrected chi connectivity index (χ3v) is 5.46. The molecular formula is C22H25FN2O2. The van der Waals surface area contributed by atoms with Crippen LogP contribution in [-0.2, 0) is 16.0 Å². The van der Waals surface area contributed by atoms with Crippen LogP contribution >= 0.6 is 0 Å². The van der Waals surface area contributed by atoms with E-state index in [2.05, 4.69) is 17.4 Å². The summed E-state index contributed by atoms with van der Waals surface area (Å²) in [4.78, 5) is 15.2. The second-order valence-corrected chi connectivity index (χ2v) is 7.34. The van der Waals surface area contributed by atoms with E-state index in [1.54, 1.807) is 12.1 Å². The number of carbonyl (C=O) groups is 1. The molecule has 0 unspecified atom stereocenters. The predicted molar refractivity (Wildman–Crippen MR) is 102 cm³/mol. The Hall–Kier alpha value is -2.24. The van der Waals surface area contributed by atoms with E-state index in [-0.39, 0.29) is 23.7 Å². The fourth-order valence-corrected chi connectivity index (χ4v) is 4.09. The molecule has 0 aliphatic carbocycles. The third-order valence-electron chi connectivity index (χ3n) is 5.46. The number of nitrogens with zero attached hydrogens (tertiary/aromatic N) is 1. The third kappa shape index (κ3) is 4.04. The summed E-state index contributed by atoms with van der Waals surface area (Å²) >= 11 is 0. The zero-order valence-electron chi connectivity index (χ0n) is 15.4. The number of rotatable bonds is 3. The molecule has 1 amide bonds. The lowest BCUT2D eigenvalue weighted by Crippen LogP contribution is -2.42. The van der Waals surface area contributed by atoms with Crippen molar-refractivity contribution in [2.75, 3.05) is 32.8 Å². The van der Waals surface area contributed by atoms with Gasteiger partial charge >= 0.3 is 0 Å². The van der Waals surface area contributed by atoms with Gasteiger partial charge in [-0.05, 0) is 35.2 Å². The average Bonchev–Trinajstić information content (AvgIpc) is 2.96. The van der Waals surface area contributed by atoms with Crippen molar-refractivity contribution in [3.05, 3.63) is 71.0 Å². The fourth-order valence-electron chi connectivity index (χ4n) is 4.09. The van der Waals surface area contributed by atoms with Gasteiger partial charge in [0.2, 0.25) is 5.91 Å². The van der Waals surface area contributed by atoms with E-state index in [0.717, 1.165) is 30.6 Å². The van der Waals surface area contributed by atoms with E-state index in [1.807, 2.05) is 17.0 Å². The van der Waals surface area contributed by atoms with Crippen molar-refractivity contribution in [2.24, 2.45) is 5.92 Å². The van der Waals surface area contributed by atoms with Gasteiger partial charge in [0.05, 0.1) is 19.3 Å². The minimum absolute atomic E-state index is 0.135. The summed E-state index contributed by atoms with van der Waals surface area (Å²) in [6.45, 7) is 3.63. The first-order chi connectivity index (χ1) is 13.2. The number of fused-ring (bicyclic) bond motifs is 1. The van der Waals surface area contributed by atoms with Gasteiger partial charge in [-0.2, -0.15) is 0 Å². The minimum atomic E-state index is -0.262. The molecule has 0 aromatic heterocycles. The molecule has 5 heteroatoms. The SMILES string of the molecule is O=C(C[C@@H]1CNCCOC1)N1CCc2ccccc2[C@@H]1c1ccc(F)cc1. The number of halogens is 1. The van der Waals surface area contributed by atoms with Crippen LogP contribution < -0.4 is 5.32 Å². The molecule has 2 aliphatic rings. The molecule has 1 saturated heterocycles. The highest BCUT2D eigenvalue weighted by atomic mass is 19.1. The highest BCUT2D eigenvalue weighted by Crippen LogP contribution is 2.36. The van der Waals surface area contributed by atoms with Crippen molar-refractivity contribution in [2.45, 2.75) is 18.9 Å². The minimum Gasteiger partial charge on any atom is -0.380 e. The molecule has 0 bridgehead atoms. The average molecular weight is 368 g/mol.